The van der Waals surface area contributed by atoms with Gasteiger partial charge in [0.2, 0.25) is 0 Å². The molecule has 0 amide bonds. The molecule has 1 aliphatic rings. The third-order valence-electron chi connectivity index (χ3n) is 2.75. The summed E-state index contributed by atoms with van der Waals surface area (Å²) in [5, 5.41) is 0. The molecule has 0 spiro atoms. The van der Waals surface area contributed by atoms with Gasteiger partial charge in [-0.1, -0.05) is 27.2 Å². The van der Waals surface area contributed by atoms with Gasteiger partial charge in [-0.2, -0.15) is 11.8 Å². The fraction of sp³-hybridized carbons (Fsp3) is 1.00. The highest BCUT2D eigenvalue weighted by atomic mass is 32.2. The van der Waals surface area contributed by atoms with E-state index in [0.29, 0.717) is 5.41 Å². The quantitative estimate of drug-likeness (QED) is 0.662. The van der Waals surface area contributed by atoms with Crippen LogP contribution >= 0.6 is 11.8 Å². The predicted octanol–water partition coefficient (Wildman–Crippen LogP) is 3.25. The SMILES string of the molecule is CC(C)(C)CCCCN1CCSCC1. The summed E-state index contributed by atoms with van der Waals surface area (Å²) in [5.74, 6) is 2.69. The Morgan fingerprint density at radius 3 is 2.29 bits per heavy atom. The van der Waals surface area contributed by atoms with Crippen LogP contribution in [0.3, 0.4) is 0 Å². The summed E-state index contributed by atoms with van der Waals surface area (Å²) in [4.78, 5) is 2.62. The van der Waals surface area contributed by atoms with Crippen molar-refractivity contribution < 1.29 is 0 Å². The summed E-state index contributed by atoms with van der Waals surface area (Å²) in [5.41, 5.74) is 0.526. The lowest BCUT2D eigenvalue weighted by Crippen LogP contribution is -2.33. The third-order valence-corrected chi connectivity index (χ3v) is 3.70. The van der Waals surface area contributed by atoms with Gasteiger partial charge in [0.25, 0.3) is 0 Å². The molecule has 1 fully saturated rings. The van der Waals surface area contributed by atoms with Crippen LogP contribution in [0.2, 0.25) is 0 Å². The molecule has 1 aliphatic heterocycles. The molecule has 14 heavy (non-hydrogen) atoms. The van der Waals surface area contributed by atoms with E-state index in [1.165, 1.54) is 50.4 Å². The Hall–Kier alpha value is 0.310. The molecule has 2 heteroatoms. The zero-order valence-corrected chi connectivity index (χ0v) is 10.8. The van der Waals surface area contributed by atoms with Gasteiger partial charge in [0.1, 0.15) is 0 Å². The van der Waals surface area contributed by atoms with Crippen molar-refractivity contribution in [3.63, 3.8) is 0 Å². The van der Waals surface area contributed by atoms with Crippen molar-refractivity contribution in [2.24, 2.45) is 5.41 Å². The second-order valence-corrected chi connectivity index (χ2v) is 6.70. The molecule has 0 saturated carbocycles. The van der Waals surface area contributed by atoms with Gasteiger partial charge < -0.3 is 4.90 Å². The van der Waals surface area contributed by atoms with Crippen LogP contribution in [-0.2, 0) is 0 Å². The largest absolute Gasteiger partial charge is 0.302 e. The van der Waals surface area contributed by atoms with E-state index in [2.05, 4.69) is 37.4 Å². The number of nitrogens with zero attached hydrogens (tertiary/aromatic N) is 1. The van der Waals surface area contributed by atoms with E-state index < -0.39 is 0 Å². The summed E-state index contributed by atoms with van der Waals surface area (Å²) >= 11 is 2.10. The highest BCUT2D eigenvalue weighted by Gasteiger charge is 2.11. The monoisotopic (exact) mass is 215 g/mol. The summed E-state index contributed by atoms with van der Waals surface area (Å²) in [7, 11) is 0. The second-order valence-electron chi connectivity index (χ2n) is 5.47. The third kappa shape index (κ3) is 5.92. The van der Waals surface area contributed by atoms with Gasteiger partial charge in [-0.3, -0.25) is 0 Å². The standard InChI is InChI=1S/C12H25NS/c1-12(2,3)6-4-5-7-13-8-10-14-11-9-13/h4-11H2,1-3H3. The van der Waals surface area contributed by atoms with Crippen LogP contribution in [0.4, 0.5) is 0 Å². The Morgan fingerprint density at radius 1 is 1.07 bits per heavy atom. The minimum atomic E-state index is 0.526. The highest BCUT2D eigenvalue weighted by molar-refractivity contribution is 7.99. The molecule has 1 nitrogen and oxygen atoms in total. The van der Waals surface area contributed by atoms with E-state index in [0.717, 1.165) is 0 Å². The number of unbranched alkanes of at least 4 members (excludes halogenated alkanes) is 1. The molecule has 1 heterocycles. The molecule has 1 saturated heterocycles. The number of thioether (sulfide) groups is 1. The summed E-state index contributed by atoms with van der Waals surface area (Å²) < 4.78 is 0. The average Bonchev–Trinajstić information content (AvgIpc) is 2.13. The maximum Gasteiger partial charge on any atom is 0.00727 e. The molecule has 0 unspecified atom stereocenters. The minimum absolute atomic E-state index is 0.526. The summed E-state index contributed by atoms with van der Waals surface area (Å²) in [6, 6.07) is 0. The first-order valence-corrected chi connectivity index (χ1v) is 7.03. The van der Waals surface area contributed by atoms with Crippen LogP contribution in [0.15, 0.2) is 0 Å². The smallest absolute Gasteiger partial charge is 0.00727 e. The topological polar surface area (TPSA) is 3.24 Å². The minimum Gasteiger partial charge on any atom is -0.302 e. The molecule has 0 aromatic rings. The van der Waals surface area contributed by atoms with E-state index >= 15 is 0 Å². The van der Waals surface area contributed by atoms with Crippen molar-refractivity contribution in [2.75, 3.05) is 31.1 Å². The maximum atomic E-state index is 2.62. The zero-order chi connectivity index (χ0) is 10.4. The predicted molar refractivity (Wildman–Crippen MR) is 67.1 cm³/mol. The molecule has 0 N–H and O–H groups in total. The molecular formula is C12H25NS. The fourth-order valence-electron chi connectivity index (χ4n) is 1.82. The molecule has 1 rings (SSSR count). The molecule has 0 radical (unpaired) electrons. The molecular weight excluding hydrogens is 190 g/mol. The Labute approximate surface area is 93.6 Å². The van der Waals surface area contributed by atoms with Crippen molar-refractivity contribution in [1.82, 2.24) is 4.90 Å². The van der Waals surface area contributed by atoms with Crippen molar-refractivity contribution in [1.29, 1.82) is 0 Å². The van der Waals surface area contributed by atoms with Crippen LogP contribution in [0.25, 0.3) is 0 Å². The zero-order valence-electron chi connectivity index (χ0n) is 10.0. The molecule has 0 aromatic carbocycles. The van der Waals surface area contributed by atoms with Gasteiger partial charge in [-0.05, 0) is 24.8 Å². The fourth-order valence-corrected chi connectivity index (χ4v) is 2.79. The number of hydrogen-bond donors (Lipinski definition) is 0. The summed E-state index contributed by atoms with van der Waals surface area (Å²) in [6.45, 7) is 11.0. The maximum absolute atomic E-state index is 2.62. The van der Waals surface area contributed by atoms with Crippen molar-refractivity contribution in [2.45, 2.75) is 40.0 Å². The Morgan fingerprint density at radius 2 is 1.71 bits per heavy atom. The lowest BCUT2D eigenvalue weighted by atomic mass is 9.90. The number of rotatable bonds is 4. The van der Waals surface area contributed by atoms with E-state index in [1.807, 2.05) is 0 Å². The Balaban J connectivity index is 1.97. The number of hydrogen-bond acceptors (Lipinski definition) is 2. The van der Waals surface area contributed by atoms with Crippen LogP contribution in [0.5, 0.6) is 0 Å². The summed E-state index contributed by atoms with van der Waals surface area (Å²) in [6.07, 6.45) is 4.16. The first-order valence-electron chi connectivity index (χ1n) is 5.88. The van der Waals surface area contributed by atoms with Crippen LogP contribution in [-0.4, -0.2) is 36.0 Å². The molecule has 0 atom stereocenters. The highest BCUT2D eigenvalue weighted by Crippen LogP contribution is 2.21. The molecule has 0 bridgehead atoms. The lowest BCUT2D eigenvalue weighted by Gasteiger charge is -2.26. The first-order chi connectivity index (χ1) is 6.58. The lowest BCUT2D eigenvalue weighted by molar-refractivity contribution is 0.280. The molecule has 0 aromatic heterocycles. The van der Waals surface area contributed by atoms with E-state index in [9.17, 15) is 0 Å². The normalized spacial score (nSPS) is 19.9. The molecule has 84 valence electrons. The van der Waals surface area contributed by atoms with E-state index in [-0.39, 0.29) is 0 Å². The van der Waals surface area contributed by atoms with Crippen molar-refractivity contribution in [3.8, 4) is 0 Å². The van der Waals surface area contributed by atoms with Crippen LogP contribution in [0.1, 0.15) is 40.0 Å². The van der Waals surface area contributed by atoms with E-state index in [4.69, 9.17) is 0 Å². The van der Waals surface area contributed by atoms with Crippen molar-refractivity contribution in [3.05, 3.63) is 0 Å². The molecule has 0 aliphatic carbocycles. The van der Waals surface area contributed by atoms with Gasteiger partial charge in [0.15, 0.2) is 0 Å². The Kier molecular flexibility index (Phi) is 5.32. The van der Waals surface area contributed by atoms with Crippen molar-refractivity contribution >= 4 is 11.8 Å². The van der Waals surface area contributed by atoms with E-state index in [1.54, 1.807) is 0 Å². The average molecular weight is 215 g/mol. The van der Waals surface area contributed by atoms with Crippen LogP contribution in [0, 0.1) is 5.41 Å². The Bertz CT molecular complexity index is 145. The van der Waals surface area contributed by atoms with Gasteiger partial charge in [-0.25, -0.2) is 0 Å². The van der Waals surface area contributed by atoms with Gasteiger partial charge in [-0.15, -0.1) is 0 Å². The first kappa shape index (κ1) is 12.4. The van der Waals surface area contributed by atoms with Gasteiger partial charge in [0, 0.05) is 24.6 Å². The van der Waals surface area contributed by atoms with Gasteiger partial charge >= 0.3 is 0 Å². The van der Waals surface area contributed by atoms with Gasteiger partial charge in [0.05, 0.1) is 0 Å². The second kappa shape index (κ2) is 6.02. The van der Waals surface area contributed by atoms with Crippen LogP contribution < -0.4 is 0 Å².